The smallest absolute Gasteiger partial charge is 0.325 e. The van der Waals surface area contributed by atoms with E-state index in [1.165, 1.54) is 11.8 Å². The zero-order valence-corrected chi connectivity index (χ0v) is 22.0. The molecule has 198 valence electrons. The SMILES string of the molecule is CCCC(CCO)Nc1nc(N)nc(C)c1Cc1ccc(CN(CC(=O)OCC)C(C)=O)cc1OC. The Kier molecular flexibility index (Phi) is 11.4. The molecule has 0 aliphatic carbocycles. The molecule has 10 heteroatoms. The van der Waals surface area contributed by atoms with Crippen LogP contribution in [0.5, 0.6) is 5.75 Å². The van der Waals surface area contributed by atoms with Crippen LogP contribution >= 0.6 is 0 Å². The first kappa shape index (κ1) is 28.8. The van der Waals surface area contributed by atoms with Gasteiger partial charge in [-0.15, -0.1) is 0 Å². The number of ether oxygens (including phenoxy) is 2. The van der Waals surface area contributed by atoms with E-state index in [9.17, 15) is 14.7 Å². The number of rotatable bonds is 14. The summed E-state index contributed by atoms with van der Waals surface area (Å²) < 4.78 is 10.6. The summed E-state index contributed by atoms with van der Waals surface area (Å²) in [6.45, 7) is 7.61. The fraction of sp³-hybridized carbons (Fsp3) is 0.538. The van der Waals surface area contributed by atoms with Gasteiger partial charge in [0.1, 0.15) is 18.1 Å². The van der Waals surface area contributed by atoms with Crippen LogP contribution in [0.1, 0.15) is 62.4 Å². The predicted octanol–water partition coefficient (Wildman–Crippen LogP) is 2.84. The highest BCUT2D eigenvalue weighted by Gasteiger charge is 2.19. The zero-order chi connectivity index (χ0) is 26.7. The van der Waals surface area contributed by atoms with Crippen molar-refractivity contribution in [2.75, 3.05) is 37.9 Å². The van der Waals surface area contributed by atoms with E-state index >= 15 is 0 Å². The highest BCUT2D eigenvalue weighted by molar-refractivity contribution is 5.80. The molecule has 0 saturated heterocycles. The van der Waals surface area contributed by atoms with E-state index in [2.05, 4.69) is 22.2 Å². The van der Waals surface area contributed by atoms with E-state index in [0.29, 0.717) is 24.4 Å². The lowest BCUT2D eigenvalue weighted by Gasteiger charge is -2.22. The lowest BCUT2D eigenvalue weighted by Crippen LogP contribution is -2.34. The Hall–Kier alpha value is -3.40. The fourth-order valence-electron chi connectivity index (χ4n) is 4.02. The summed E-state index contributed by atoms with van der Waals surface area (Å²) in [6, 6.07) is 5.77. The van der Waals surface area contributed by atoms with E-state index in [1.807, 2.05) is 25.1 Å². The standard InChI is InChI=1S/C26H39N5O5/c1-6-8-21(11-12-32)29-25-22(17(3)28-26(27)30-25)14-20-10-9-19(13-23(20)35-5)15-31(18(4)33)16-24(34)36-7-2/h9-10,13,21,32H,6-8,11-12,14-16H2,1-5H3,(H3,27,28,29,30). The van der Waals surface area contributed by atoms with Crippen LogP contribution in [-0.2, 0) is 27.3 Å². The average Bonchev–Trinajstić information content (AvgIpc) is 2.81. The molecule has 10 nitrogen and oxygen atoms in total. The number of hydrogen-bond acceptors (Lipinski definition) is 9. The van der Waals surface area contributed by atoms with Crippen molar-refractivity contribution < 1.29 is 24.2 Å². The summed E-state index contributed by atoms with van der Waals surface area (Å²) in [6.07, 6.45) is 2.95. The van der Waals surface area contributed by atoms with Gasteiger partial charge in [-0.25, -0.2) is 4.98 Å². The van der Waals surface area contributed by atoms with Gasteiger partial charge in [0.05, 0.1) is 13.7 Å². The van der Waals surface area contributed by atoms with Crippen LogP contribution in [0.25, 0.3) is 0 Å². The quantitative estimate of drug-likeness (QED) is 0.333. The number of aromatic nitrogens is 2. The minimum absolute atomic E-state index is 0.0636. The summed E-state index contributed by atoms with van der Waals surface area (Å²) in [5.41, 5.74) is 9.33. The highest BCUT2D eigenvalue weighted by atomic mass is 16.5. The molecule has 1 aromatic heterocycles. The van der Waals surface area contributed by atoms with Crippen LogP contribution in [-0.4, -0.2) is 64.8 Å². The number of aliphatic hydroxyl groups excluding tert-OH is 1. The molecule has 0 radical (unpaired) electrons. The summed E-state index contributed by atoms with van der Waals surface area (Å²) in [5, 5.41) is 12.9. The second kappa shape index (κ2) is 14.2. The molecular weight excluding hydrogens is 462 g/mol. The molecular formula is C26H39N5O5. The molecule has 1 atom stereocenters. The molecule has 1 unspecified atom stereocenters. The Bertz CT molecular complexity index is 1020. The summed E-state index contributed by atoms with van der Waals surface area (Å²) in [4.78, 5) is 34.2. The number of nitrogens with zero attached hydrogens (tertiary/aromatic N) is 3. The van der Waals surface area contributed by atoms with Gasteiger partial charge in [-0.05, 0) is 43.9 Å². The zero-order valence-electron chi connectivity index (χ0n) is 22.0. The first-order valence-electron chi connectivity index (χ1n) is 12.3. The first-order chi connectivity index (χ1) is 17.2. The van der Waals surface area contributed by atoms with Crippen molar-refractivity contribution in [3.05, 3.63) is 40.6 Å². The van der Waals surface area contributed by atoms with Crippen LogP contribution in [0.4, 0.5) is 11.8 Å². The van der Waals surface area contributed by atoms with E-state index in [0.717, 1.165) is 35.2 Å². The van der Waals surface area contributed by atoms with Crippen LogP contribution in [0, 0.1) is 6.92 Å². The van der Waals surface area contributed by atoms with Gasteiger partial charge in [-0.1, -0.05) is 25.5 Å². The number of amides is 1. The Labute approximate surface area is 213 Å². The normalized spacial score (nSPS) is 11.6. The molecule has 0 spiro atoms. The topological polar surface area (TPSA) is 140 Å². The molecule has 0 saturated carbocycles. The summed E-state index contributed by atoms with van der Waals surface area (Å²) in [7, 11) is 1.59. The van der Waals surface area contributed by atoms with Crippen LogP contribution in [0.2, 0.25) is 0 Å². The number of methoxy groups -OCH3 is 1. The van der Waals surface area contributed by atoms with Crippen molar-refractivity contribution in [2.24, 2.45) is 0 Å². The molecule has 1 heterocycles. The number of nitrogens with two attached hydrogens (primary N) is 1. The molecule has 36 heavy (non-hydrogen) atoms. The maximum absolute atomic E-state index is 12.1. The number of esters is 1. The monoisotopic (exact) mass is 501 g/mol. The summed E-state index contributed by atoms with van der Waals surface area (Å²) >= 11 is 0. The van der Waals surface area contributed by atoms with E-state index in [1.54, 1.807) is 14.0 Å². The number of carbonyl (C=O) groups excluding carboxylic acids is 2. The van der Waals surface area contributed by atoms with Crippen molar-refractivity contribution in [3.8, 4) is 5.75 Å². The second-order valence-electron chi connectivity index (χ2n) is 8.64. The Morgan fingerprint density at radius 2 is 1.97 bits per heavy atom. The van der Waals surface area contributed by atoms with Gasteiger partial charge >= 0.3 is 5.97 Å². The van der Waals surface area contributed by atoms with E-state index in [-0.39, 0.29) is 44.2 Å². The van der Waals surface area contributed by atoms with E-state index in [4.69, 9.17) is 15.2 Å². The maximum atomic E-state index is 12.1. The van der Waals surface area contributed by atoms with E-state index < -0.39 is 5.97 Å². The number of carbonyl (C=O) groups is 2. The lowest BCUT2D eigenvalue weighted by molar-refractivity contribution is -0.148. The minimum Gasteiger partial charge on any atom is -0.496 e. The van der Waals surface area contributed by atoms with Crippen LogP contribution in [0.3, 0.4) is 0 Å². The molecule has 4 N–H and O–H groups in total. The highest BCUT2D eigenvalue weighted by Crippen LogP contribution is 2.29. The average molecular weight is 502 g/mol. The third kappa shape index (κ3) is 8.37. The largest absolute Gasteiger partial charge is 0.496 e. The molecule has 0 aliphatic rings. The number of hydrogen-bond donors (Lipinski definition) is 3. The molecule has 2 rings (SSSR count). The number of aryl methyl sites for hydroxylation is 1. The van der Waals surface area contributed by atoms with Crippen LogP contribution < -0.4 is 15.8 Å². The number of nitrogens with one attached hydrogen (secondary N) is 1. The Morgan fingerprint density at radius 3 is 2.58 bits per heavy atom. The van der Waals surface area contributed by atoms with Gasteiger partial charge in [0.15, 0.2) is 0 Å². The van der Waals surface area contributed by atoms with Gasteiger partial charge < -0.3 is 30.5 Å². The van der Waals surface area contributed by atoms with Gasteiger partial charge in [-0.3, -0.25) is 9.59 Å². The molecule has 0 fully saturated rings. The molecule has 1 amide bonds. The molecule has 1 aromatic carbocycles. The van der Waals surface area contributed by atoms with Gasteiger partial charge in [0.25, 0.3) is 0 Å². The Balaban J connectivity index is 2.32. The number of aliphatic hydroxyl groups is 1. The van der Waals surface area contributed by atoms with Crippen molar-refractivity contribution in [3.63, 3.8) is 0 Å². The minimum atomic E-state index is -0.447. The fourth-order valence-corrected chi connectivity index (χ4v) is 4.02. The third-order valence-electron chi connectivity index (χ3n) is 5.85. The Morgan fingerprint density at radius 1 is 1.22 bits per heavy atom. The van der Waals surface area contributed by atoms with Gasteiger partial charge in [0.2, 0.25) is 11.9 Å². The molecule has 0 bridgehead atoms. The molecule has 0 aliphatic heterocycles. The summed E-state index contributed by atoms with van der Waals surface area (Å²) in [5.74, 6) is 0.815. The maximum Gasteiger partial charge on any atom is 0.325 e. The van der Waals surface area contributed by atoms with Crippen molar-refractivity contribution in [1.82, 2.24) is 14.9 Å². The first-order valence-corrected chi connectivity index (χ1v) is 12.3. The third-order valence-corrected chi connectivity index (χ3v) is 5.85. The van der Waals surface area contributed by atoms with Gasteiger partial charge in [-0.2, -0.15) is 4.98 Å². The second-order valence-corrected chi connectivity index (χ2v) is 8.64. The van der Waals surface area contributed by atoms with Crippen LogP contribution in [0.15, 0.2) is 18.2 Å². The van der Waals surface area contributed by atoms with Crippen molar-refractivity contribution in [1.29, 1.82) is 0 Å². The van der Waals surface area contributed by atoms with Crippen molar-refractivity contribution >= 4 is 23.6 Å². The molecule has 2 aromatic rings. The number of anilines is 2. The lowest BCUT2D eigenvalue weighted by atomic mass is 10.0. The number of benzene rings is 1. The van der Waals surface area contributed by atoms with Crippen molar-refractivity contribution in [2.45, 2.75) is 66.0 Å². The number of nitrogen functional groups attached to an aromatic ring is 1. The predicted molar refractivity (Wildman–Crippen MR) is 139 cm³/mol. The van der Waals surface area contributed by atoms with Gasteiger partial charge in [0, 0.05) is 43.8 Å².